The molecule has 4 amide bonds. The summed E-state index contributed by atoms with van der Waals surface area (Å²) in [6.45, 7) is 16.9. The number of likely N-dealkylation sites (tertiary alicyclic amines) is 1. The van der Waals surface area contributed by atoms with Crippen molar-refractivity contribution < 1.29 is 33.8 Å². The number of nitrogens with zero attached hydrogens (tertiary/aromatic N) is 6. The molecule has 86 heavy (non-hydrogen) atoms. The summed E-state index contributed by atoms with van der Waals surface area (Å²) in [6, 6.07) is 43.5. The van der Waals surface area contributed by atoms with E-state index in [1.165, 1.54) is 9.91 Å². The number of hydrogen-bond donors (Lipinski definition) is 3. The van der Waals surface area contributed by atoms with Crippen molar-refractivity contribution in [3.8, 4) is 28.1 Å². The Bertz CT molecular complexity index is 3540. The van der Waals surface area contributed by atoms with E-state index in [4.69, 9.17) is 9.72 Å². The summed E-state index contributed by atoms with van der Waals surface area (Å²) >= 11 is 0. The highest BCUT2D eigenvalue weighted by Crippen LogP contribution is 2.49. The first-order chi connectivity index (χ1) is 41.4. The van der Waals surface area contributed by atoms with E-state index in [2.05, 4.69) is 115 Å². The fourth-order valence-electron chi connectivity index (χ4n) is 14.0. The number of hydrazine groups is 1. The maximum atomic E-state index is 15.0. The lowest BCUT2D eigenvalue weighted by Gasteiger charge is -2.39. The number of likely N-dealkylation sites (N-methyl/N-ethyl adjacent to an activating group) is 1. The maximum absolute atomic E-state index is 15.0. The molecule has 11 rings (SSSR count). The Morgan fingerprint density at radius 1 is 0.814 bits per heavy atom. The summed E-state index contributed by atoms with van der Waals surface area (Å²) in [4.78, 5) is 84.1. The maximum Gasteiger partial charge on any atom is 0.324 e. The molecule has 3 N–H and O–H groups in total. The van der Waals surface area contributed by atoms with Gasteiger partial charge in [-0.2, -0.15) is 0 Å². The summed E-state index contributed by atoms with van der Waals surface area (Å²) in [5.41, 5.74) is 12.6. The molecular formula is C71H82N8O7. The van der Waals surface area contributed by atoms with Gasteiger partial charge in [0.1, 0.15) is 29.9 Å². The number of hydrogen-bond acceptors (Lipinski definition) is 10. The van der Waals surface area contributed by atoms with Crippen molar-refractivity contribution in [2.75, 3.05) is 39.8 Å². The zero-order valence-corrected chi connectivity index (χ0v) is 51.0. The number of amides is 4. The molecule has 15 heteroatoms. The number of fused-ring (bicyclic) bond motifs is 6. The number of carbonyl (C=O) groups is 5. The van der Waals surface area contributed by atoms with Crippen LogP contribution in [-0.2, 0) is 53.6 Å². The lowest BCUT2D eigenvalue weighted by atomic mass is 9.76. The number of ether oxygens (including phenoxy) is 1. The van der Waals surface area contributed by atoms with Crippen molar-refractivity contribution in [2.45, 2.75) is 129 Å². The SMILES string of the molecule is CCn1c(-c2cccnc2C(C)C)c2c3cc(ccc31)-c1cc(O)cc(c1)C[C@H](NC(=O)[C@H](C(C)C)N(C)C(=O)C1CCN(C(=O)[C@H]3CN3C(c3ccccc3)(c3ccccc3)c3ccccc3)CC1)C(=O)N1CCC[C@H](N1)C(=O)OCC(C)(C)C2. The highest BCUT2D eigenvalue weighted by atomic mass is 16.5. The van der Waals surface area contributed by atoms with Gasteiger partial charge >= 0.3 is 5.97 Å². The summed E-state index contributed by atoms with van der Waals surface area (Å²) in [7, 11) is 1.65. The second-order valence-corrected chi connectivity index (χ2v) is 25.5. The van der Waals surface area contributed by atoms with E-state index in [0.29, 0.717) is 63.8 Å². The van der Waals surface area contributed by atoms with Crippen LogP contribution in [0.4, 0.5) is 0 Å². The zero-order chi connectivity index (χ0) is 60.6. The van der Waals surface area contributed by atoms with E-state index in [1.807, 2.05) is 91.7 Å². The summed E-state index contributed by atoms with van der Waals surface area (Å²) in [5.74, 6) is -2.25. The quantitative estimate of drug-likeness (QED) is 0.0574. The Balaban J connectivity index is 0.847. The Kier molecular flexibility index (Phi) is 17.1. The number of aromatic hydroxyl groups is 1. The van der Waals surface area contributed by atoms with Crippen LogP contribution >= 0.6 is 0 Å². The van der Waals surface area contributed by atoms with Gasteiger partial charge in [-0.25, -0.2) is 5.43 Å². The van der Waals surface area contributed by atoms with E-state index in [1.54, 1.807) is 19.2 Å². The molecule has 448 valence electrons. The number of carbonyl (C=O) groups excluding carboxylic acids is 5. The van der Waals surface area contributed by atoms with Gasteiger partial charge in [-0.1, -0.05) is 145 Å². The number of phenolic OH excluding ortho intramolecular Hbond substituents is 1. The van der Waals surface area contributed by atoms with E-state index in [9.17, 15) is 19.5 Å². The third-order valence-electron chi connectivity index (χ3n) is 18.2. The lowest BCUT2D eigenvalue weighted by Crippen LogP contribution is -2.62. The molecule has 3 fully saturated rings. The van der Waals surface area contributed by atoms with Gasteiger partial charge in [0.15, 0.2) is 0 Å². The third kappa shape index (κ3) is 11.7. The van der Waals surface area contributed by atoms with Crippen LogP contribution in [0.5, 0.6) is 5.75 Å². The largest absolute Gasteiger partial charge is 0.508 e. The monoisotopic (exact) mass is 1160 g/mol. The molecule has 2 aromatic heterocycles. The molecule has 0 aliphatic carbocycles. The van der Waals surface area contributed by atoms with Gasteiger partial charge in [0, 0.05) is 80.2 Å². The normalized spacial score (nSPS) is 20.5. The van der Waals surface area contributed by atoms with Crippen molar-refractivity contribution in [1.82, 2.24) is 40.0 Å². The smallest absolute Gasteiger partial charge is 0.324 e. The molecule has 4 aliphatic rings. The number of esters is 1. The number of phenols is 1. The Labute approximate surface area is 505 Å². The Hall–Kier alpha value is -8.14. The minimum atomic E-state index is -1.17. The average Bonchev–Trinajstić information content (AvgIpc) is 1.56. The predicted molar refractivity (Wildman–Crippen MR) is 334 cm³/mol. The predicted octanol–water partition coefficient (Wildman–Crippen LogP) is 10.3. The van der Waals surface area contributed by atoms with E-state index >= 15 is 9.59 Å². The number of benzene rings is 5. The van der Waals surface area contributed by atoms with Crippen molar-refractivity contribution in [3.63, 3.8) is 0 Å². The molecule has 5 atom stereocenters. The standard InChI is InChI=1S/C71H82N8O7/c1-9-77-60-30-29-49-41-56(60)57(64(77)55-27-19-33-72-62(55)45(2)3)42-70(6,7)44-86-69(85)58-28-20-34-79(74-58)67(83)59(39-47-37-50(49)40-54(80)38-47)73-65(81)63(46(4)5)75(8)66(82)48-31-35-76(36-32-48)68(84)61-43-78(61)71(51-21-13-10-14-22-51,52-23-15-11-16-24-52)53-25-17-12-18-26-53/h10-19,21-27,29-30,33,37-38,40-41,45-46,48,58-59,61,63,74,80H,9,20,28,31-32,34-36,39,42-44H2,1-8H3,(H,73,81)/t58-,59-,61+,63-,78?/m0/s1. The molecule has 0 radical (unpaired) electrons. The van der Waals surface area contributed by atoms with Gasteiger partial charge in [-0.05, 0) is 126 Å². The summed E-state index contributed by atoms with van der Waals surface area (Å²) in [5, 5.41) is 17.1. The second kappa shape index (κ2) is 24.7. The van der Waals surface area contributed by atoms with Crippen LogP contribution in [0.2, 0.25) is 0 Å². The van der Waals surface area contributed by atoms with Crippen LogP contribution < -0.4 is 10.7 Å². The van der Waals surface area contributed by atoms with Crippen LogP contribution in [0.1, 0.15) is 114 Å². The molecule has 5 aromatic carbocycles. The molecule has 1 unspecified atom stereocenters. The number of nitrogens with one attached hydrogen (secondary N) is 2. The van der Waals surface area contributed by atoms with Gasteiger partial charge in [0.05, 0.1) is 23.5 Å². The molecule has 7 aromatic rings. The molecular weight excluding hydrogens is 1080 g/mol. The van der Waals surface area contributed by atoms with Crippen LogP contribution in [0.15, 0.2) is 146 Å². The van der Waals surface area contributed by atoms with Gasteiger partial charge in [0.25, 0.3) is 5.91 Å². The first kappa shape index (κ1) is 59.6. The average molecular weight is 1160 g/mol. The number of piperidine rings is 1. The van der Waals surface area contributed by atoms with Crippen LogP contribution in [0, 0.1) is 17.3 Å². The van der Waals surface area contributed by atoms with Gasteiger partial charge < -0.3 is 29.5 Å². The molecule has 0 saturated carbocycles. The van der Waals surface area contributed by atoms with Gasteiger partial charge in [0.2, 0.25) is 17.7 Å². The van der Waals surface area contributed by atoms with E-state index in [-0.39, 0.29) is 55.0 Å². The second-order valence-electron chi connectivity index (χ2n) is 25.5. The molecule has 4 aliphatic heterocycles. The molecule has 3 saturated heterocycles. The topological polar surface area (TPSA) is 169 Å². The Morgan fingerprint density at radius 2 is 1.47 bits per heavy atom. The third-order valence-corrected chi connectivity index (χ3v) is 18.2. The molecule has 6 heterocycles. The number of pyridine rings is 1. The summed E-state index contributed by atoms with van der Waals surface area (Å²) < 4.78 is 8.53. The number of aryl methyl sites for hydroxylation is 1. The fourth-order valence-corrected chi connectivity index (χ4v) is 14.0. The van der Waals surface area contributed by atoms with E-state index in [0.717, 1.165) is 61.2 Å². The fraction of sp³-hybridized carbons (Fsp3) is 0.408. The highest BCUT2D eigenvalue weighted by molar-refractivity contribution is 5.96. The minimum absolute atomic E-state index is 0.000740. The van der Waals surface area contributed by atoms with Crippen molar-refractivity contribution >= 4 is 40.5 Å². The minimum Gasteiger partial charge on any atom is -0.508 e. The number of aromatic nitrogens is 2. The lowest BCUT2D eigenvalue weighted by molar-refractivity contribution is -0.155. The van der Waals surface area contributed by atoms with Crippen molar-refractivity contribution in [1.29, 1.82) is 0 Å². The van der Waals surface area contributed by atoms with Crippen molar-refractivity contribution in [3.05, 3.63) is 179 Å². The van der Waals surface area contributed by atoms with E-state index < -0.39 is 52.8 Å². The first-order valence-electron chi connectivity index (χ1n) is 30.9. The van der Waals surface area contributed by atoms with Crippen LogP contribution in [0.25, 0.3) is 33.3 Å². The highest BCUT2D eigenvalue weighted by Gasteiger charge is 2.57. The van der Waals surface area contributed by atoms with Crippen LogP contribution in [0.3, 0.4) is 0 Å². The molecule has 15 nitrogen and oxygen atoms in total. The first-order valence-corrected chi connectivity index (χ1v) is 30.9. The molecule has 6 bridgehead atoms. The zero-order valence-electron chi connectivity index (χ0n) is 51.0. The van der Waals surface area contributed by atoms with Crippen molar-refractivity contribution in [2.24, 2.45) is 17.3 Å². The number of rotatable bonds is 13. The Morgan fingerprint density at radius 3 is 2.08 bits per heavy atom. The van der Waals surface area contributed by atoms with Crippen LogP contribution in [-0.4, -0.2) is 128 Å². The van der Waals surface area contributed by atoms with Gasteiger partial charge in [-0.3, -0.25) is 38.9 Å². The summed E-state index contributed by atoms with van der Waals surface area (Å²) in [6.07, 6.45) is 4.22. The van der Waals surface area contributed by atoms with Gasteiger partial charge in [-0.15, -0.1) is 0 Å². The number of cyclic esters (lactones) is 1. The molecule has 0 spiro atoms.